The van der Waals surface area contributed by atoms with Crippen LogP contribution >= 0.6 is 11.3 Å². The van der Waals surface area contributed by atoms with Crippen molar-refractivity contribution in [3.63, 3.8) is 0 Å². The van der Waals surface area contributed by atoms with Gasteiger partial charge in [0.25, 0.3) is 5.56 Å². The zero-order valence-electron chi connectivity index (χ0n) is 15.5. The molecule has 0 saturated heterocycles. The second-order valence-corrected chi connectivity index (χ2v) is 8.36. The Morgan fingerprint density at radius 2 is 2.11 bits per heavy atom. The van der Waals surface area contributed by atoms with Gasteiger partial charge in [-0.1, -0.05) is 29.5 Å². The summed E-state index contributed by atoms with van der Waals surface area (Å²) in [6.07, 6.45) is 1.72. The van der Waals surface area contributed by atoms with E-state index in [-0.39, 0.29) is 5.56 Å². The lowest BCUT2D eigenvalue weighted by atomic mass is 10.0. The molecular formula is C20H21N5OS. The molecule has 0 saturated carbocycles. The fraction of sp³-hybridized carbons (Fsp3) is 0.350. The molecule has 1 N–H and O–H groups in total. The molecule has 0 unspecified atom stereocenters. The highest BCUT2D eigenvalue weighted by molar-refractivity contribution is 7.16. The van der Waals surface area contributed by atoms with Gasteiger partial charge in [-0.15, -0.1) is 0 Å². The van der Waals surface area contributed by atoms with E-state index in [0.29, 0.717) is 11.4 Å². The Bertz CT molecular complexity index is 1220. The van der Waals surface area contributed by atoms with Crippen LogP contribution < -0.4 is 5.56 Å². The van der Waals surface area contributed by atoms with Crippen molar-refractivity contribution >= 4 is 27.2 Å². The highest BCUT2D eigenvalue weighted by atomic mass is 32.1. The Hall–Kier alpha value is -2.51. The average molecular weight is 379 g/mol. The van der Waals surface area contributed by atoms with E-state index in [1.807, 2.05) is 13.8 Å². The molecule has 3 aromatic heterocycles. The summed E-state index contributed by atoms with van der Waals surface area (Å²) in [5, 5.41) is 6.48. The molecule has 0 bridgehead atoms. The number of rotatable bonds is 3. The number of H-pyrrole nitrogens is 1. The second-order valence-electron chi connectivity index (χ2n) is 7.20. The van der Waals surface area contributed by atoms with Gasteiger partial charge < -0.3 is 4.98 Å². The normalized spacial score (nSPS) is 14.9. The number of benzene rings is 1. The van der Waals surface area contributed by atoms with Crippen LogP contribution in [0.3, 0.4) is 0 Å². The highest BCUT2D eigenvalue weighted by Crippen LogP contribution is 2.27. The van der Waals surface area contributed by atoms with Crippen molar-refractivity contribution in [2.75, 3.05) is 13.1 Å². The molecule has 0 amide bonds. The molecule has 0 aliphatic carbocycles. The third-order valence-electron chi connectivity index (χ3n) is 5.45. The van der Waals surface area contributed by atoms with Crippen LogP contribution in [0.5, 0.6) is 0 Å². The van der Waals surface area contributed by atoms with Crippen molar-refractivity contribution in [1.82, 2.24) is 24.5 Å². The van der Waals surface area contributed by atoms with Crippen LogP contribution in [-0.2, 0) is 19.4 Å². The molecule has 1 aliphatic heterocycles. The van der Waals surface area contributed by atoms with Crippen LogP contribution in [-0.4, -0.2) is 37.6 Å². The number of aryl methyl sites for hydroxylation is 2. The van der Waals surface area contributed by atoms with Gasteiger partial charge in [0.05, 0.1) is 0 Å². The van der Waals surface area contributed by atoms with E-state index in [0.717, 1.165) is 42.3 Å². The number of aromatic nitrogens is 4. The van der Waals surface area contributed by atoms with Crippen LogP contribution in [0.15, 0.2) is 29.1 Å². The Labute approximate surface area is 160 Å². The number of aromatic amines is 1. The molecular weight excluding hydrogens is 358 g/mol. The van der Waals surface area contributed by atoms with E-state index < -0.39 is 0 Å². The van der Waals surface area contributed by atoms with Crippen molar-refractivity contribution in [3.8, 4) is 0 Å². The molecule has 7 heteroatoms. The zero-order chi connectivity index (χ0) is 18.5. The maximum absolute atomic E-state index is 12.8. The van der Waals surface area contributed by atoms with Gasteiger partial charge >= 0.3 is 0 Å². The van der Waals surface area contributed by atoms with E-state index in [4.69, 9.17) is 0 Å². The number of hydrogen-bond donors (Lipinski definition) is 1. The lowest BCUT2D eigenvalue weighted by molar-refractivity contribution is 0.257. The van der Waals surface area contributed by atoms with Crippen molar-refractivity contribution in [1.29, 1.82) is 0 Å². The van der Waals surface area contributed by atoms with Gasteiger partial charge in [0.1, 0.15) is 5.01 Å². The molecule has 6 nitrogen and oxygen atoms in total. The van der Waals surface area contributed by atoms with Crippen molar-refractivity contribution in [2.45, 2.75) is 33.2 Å². The van der Waals surface area contributed by atoms with Crippen LogP contribution in [0.1, 0.15) is 27.5 Å². The lowest BCUT2D eigenvalue weighted by Gasteiger charge is -2.27. The molecule has 138 valence electrons. The number of nitrogens with one attached hydrogen (secondary N) is 1. The summed E-state index contributed by atoms with van der Waals surface area (Å²) < 4.78 is 1.45. The predicted octanol–water partition coefficient (Wildman–Crippen LogP) is 2.85. The molecule has 0 radical (unpaired) electrons. The fourth-order valence-electron chi connectivity index (χ4n) is 4.05. The maximum atomic E-state index is 12.8. The summed E-state index contributed by atoms with van der Waals surface area (Å²) in [6, 6.07) is 8.49. The highest BCUT2D eigenvalue weighted by Gasteiger charge is 2.21. The van der Waals surface area contributed by atoms with Crippen LogP contribution in [0.4, 0.5) is 0 Å². The molecule has 1 aliphatic rings. The van der Waals surface area contributed by atoms with Crippen LogP contribution in [0.25, 0.3) is 15.9 Å². The van der Waals surface area contributed by atoms with Gasteiger partial charge in [-0.3, -0.25) is 9.69 Å². The topological polar surface area (TPSA) is 66.3 Å². The molecule has 27 heavy (non-hydrogen) atoms. The van der Waals surface area contributed by atoms with Crippen LogP contribution in [0, 0.1) is 13.8 Å². The first-order valence-corrected chi connectivity index (χ1v) is 10.1. The van der Waals surface area contributed by atoms with Gasteiger partial charge in [-0.25, -0.2) is 4.98 Å². The SMILES string of the molecule is Cc1nn2c(=O)c(CCN3CCc4[nH]c5ccccc5c4C3)c(C)nc2s1. The molecule has 4 heterocycles. The minimum absolute atomic E-state index is 0.0216. The average Bonchev–Trinajstić information content (AvgIpc) is 3.21. The second kappa shape index (κ2) is 6.28. The van der Waals surface area contributed by atoms with Gasteiger partial charge in [0.2, 0.25) is 4.96 Å². The number of nitrogens with zero attached hydrogens (tertiary/aromatic N) is 4. The first-order valence-electron chi connectivity index (χ1n) is 9.27. The number of fused-ring (bicyclic) bond motifs is 4. The smallest absolute Gasteiger partial charge is 0.278 e. The van der Waals surface area contributed by atoms with Crippen molar-refractivity contribution in [3.05, 3.63) is 62.1 Å². The molecule has 0 atom stereocenters. The summed E-state index contributed by atoms with van der Waals surface area (Å²) in [5.41, 5.74) is 5.55. The minimum atomic E-state index is -0.0216. The Balaban J connectivity index is 1.39. The first-order chi connectivity index (χ1) is 13.1. The fourth-order valence-corrected chi connectivity index (χ4v) is 4.83. The molecule has 0 spiro atoms. The number of hydrogen-bond acceptors (Lipinski definition) is 5. The van der Waals surface area contributed by atoms with E-state index in [1.165, 1.54) is 38.0 Å². The summed E-state index contributed by atoms with van der Waals surface area (Å²) in [4.78, 5) is 24.1. The predicted molar refractivity (Wildman–Crippen MR) is 108 cm³/mol. The Morgan fingerprint density at radius 1 is 1.26 bits per heavy atom. The first kappa shape index (κ1) is 16.6. The molecule has 5 rings (SSSR count). The van der Waals surface area contributed by atoms with E-state index in [1.54, 1.807) is 0 Å². The molecule has 4 aromatic rings. The zero-order valence-corrected chi connectivity index (χ0v) is 16.3. The van der Waals surface area contributed by atoms with Gasteiger partial charge in [0, 0.05) is 53.9 Å². The van der Waals surface area contributed by atoms with Gasteiger partial charge in [-0.05, 0) is 31.9 Å². The van der Waals surface area contributed by atoms with Crippen molar-refractivity contribution < 1.29 is 0 Å². The third-order valence-corrected chi connectivity index (χ3v) is 6.28. The maximum Gasteiger partial charge on any atom is 0.278 e. The van der Waals surface area contributed by atoms with Crippen molar-refractivity contribution in [2.24, 2.45) is 0 Å². The standard InChI is InChI=1S/C20H21N5OS/c1-12-14(19(26)25-20(21-12)27-13(2)23-25)7-9-24-10-8-18-16(11-24)15-5-3-4-6-17(15)22-18/h3-6,22H,7-11H2,1-2H3. The Morgan fingerprint density at radius 3 is 3.00 bits per heavy atom. The largest absolute Gasteiger partial charge is 0.358 e. The third kappa shape index (κ3) is 2.78. The summed E-state index contributed by atoms with van der Waals surface area (Å²) >= 11 is 1.46. The van der Waals surface area contributed by atoms with Gasteiger partial charge in [-0.2, -0.15) is 9.61 Å². The van der Waals surface area contributed by atoms with Gasteiger partial charge in [0.15, 0.2) is 0 Å². The lowest BCUT2D eigenvalue weighted by Crippen LogP contribution is -2.33. The summed E-state index contributed by atoms with van der Waals surface area (Å²) in [6.45, 7) is 6.61. The molecule has 0 fully saturated rings. The minimum Gasteiger partial charge on any atom is -0.358 e. The van der Waals surface area contributed by atoms with Crippen LogP contribution in [0.2, 0.25) is 0 Å². The Kier molecular flexibility index (Phi) is 3.87. The monoisotopic (exact) mass is 379 g/mol. The summed E-state index contributed by atoms with van der Waals surface area (Å²) in [5.74, 6) is 0. The van der Waals surface area contributed by atoms with E-state index in [2.05, 4.69) is 44.2 Å². The molecule has 1 aromatic carbocycles. The van der Waals surface area contributed by atoms with E-state index in [9.17, 15) is 4.79 Å². The summed E-state index contributed by atoms with van der Waals surface area (Å²) in [7, 11) is 0. The van der Waals surface area contributed by atoms with E-state index >= 15 is 0 Å². The quantitative estimate of drug-likeness (QED) is 0.594. The number of para-hydroxylation sites is 1.